The Hall–Kier alpha value is -3.66. The number of aliphatic imine (C=N–C) groups is 1. The summed E-state index contributed by atoms with van der Waals surface area (Å²) in [6.07, 6.45) is 7.66. The highest BCUT2D eigenvalue weighted by molar-refractivity contribution is 6.12. The van der Waals surface area contributed by atoms with Gasteiger partial charge in [0.25, 0.3) is 0 Å². The van der Waals surface area contributed by atoms with E-state index in [0.717, 1.165) is 24.0 Å². The summed E-state index contributed by atoms with van der Waals surface area (Å²) in [6.45, 7) is 3.47. The van der Waals surface area contributed by atoms with Gasteiger partial charge in [-0.25, -0.2) is 4.99 Å². The van der Waals surface area contributed by atoms with Crippen molar-refractivity contribution < 1.29 is 23.8 Å². The van der Waals surface area contributed by atoms with E-state index in [1.54, 1.807) is 25.3 Å². The third-order valence-electron chi connectivity index (χ3n) is 7.71. The van der Waals surface area contributed by atoms with Crippen molar-refractivity contribution in [1.82, 2.24) is 15.1 Å². The predicted molar refractivity (Wildman–Crippen MR) is 142 cm³/mol. The number of benzene rings is 1. The molecule has 10 nitrogen and oxygen atoms in total. The van der Waals surface area contributed by atoms with E-state index < -0.39 is 18.0 Å². The summed E-state index contributed by atoms with van der Waals surface area (Å²) in [5.41, 5.74) is 1.88. The van der Waals surface area contributed by atoms with Gasteiger partial charge in [0.2, 0.25) is 11.8 Å². The van der Waals surface area contributed by atoms with Crippen LogP contribution in [0.25, 0.3) is 0 Å². The minimum atomic E-state index is -0.742. The zero-order chi connectivity index (χ0) is 26.8. The van der Waals surface area contributed by atoms with Crippen LogP contribution in [0.1, 0.15) is 31.7 Å². The minimum absolute atomic E-state index is 0.00217. The predicted octanol–water partition coefficient (Wildman–Crippen LogP) is 2.50. The first-order valence-corrected chi connectivity index (χ1v) is 13.1. The first-order chi connectivity index (χ1) is 18.4. The number of rotatable bonds is 8. The SMILES string of the molecule is COc1ccc(CCN2C(=N)C(C(=O)NCC3CCCO3)CC3C(=O)N4C=CC=C(C)C4=NC32)cc1OC. The van der Waals surface area contributed by atoms with Crippen molar-refractivity contribution in [1.29, 1.82) is 5.41 Å². The highest BCUT2D eigenvalue weighted by Gasteiger charge is 2.49. The summed E-state index contributed by atoms with van der Waals surface area (Å²) in [5, 5.41) is 12.0. The number of hydrogen-bond acceptors (Lipinski definition) is 7. The number of allylic oxidation sites excluding steroid dienone is 2. The third kappa shape index (κ3) is 4.92. The van der Waals surface area contributed by atoms with Crippen LogP contribution in [0.5, 0.6) is 11.5 Å². The second-order valence-corrected chi connectivity index (χ2v) is 10.1. The van der Waals surface area contributed by atoms with Gasteiger partial charge in [-0.1, -0.05) is 12.1 Å². The van der Waals surface area contributed by atoms with Crippen LogP contribution >= 0.6 is 0 Å². The minimum Gasteiger partial charge on any atom is -0.493 e. The van der Waals surface area contributed by atoms with Crippen molar-refractivity contribution in [2.45, 2.75) is 44.9 Å². The molecule has 4 unspecified atom stereocenters. The maximum Gasteiger partial charge on any atom is 0.239 e. The van der Waals surface area contributed by atoms with E-state index >= 15 is 0 Å². The molecule has 4 heterocycles. The van der Waals surface area contributed by atoms with Gasteiger partial charge in [-0.05, 0) is 62.0 Å². The highest BCUT2D eigenvalue weighted by Crippen LogP contribution is 2.36. The molecule has 1 aromatic rings. The van der Waals surface area contributed by atoms with Gasteiger partial charge >= 0.3 is 0 Å². The molecule has 4 aliphatic heterocycles. The van der Waals surface area contributed by atoms with E-state index in [2.05, 4.69) is 5.32 Å². The van der Waals surface area contributed by atoms with Crippen molar-refractivity contribution in [2.75, 3.05) is 33.9 Å². The van der Waals surface area contributed by atoms with Gasteiger partial charge in [0.15, 0.2) is 11.5 Å². The maximum atomic E-state index is 13.6. The average molecular weight is 522 g/mol. The molecule has 0 saturated carbocycles. The smallest absolute Gasteiger partial charge is 0.239 e. The summed E-state index contributed by atoms with van der Waals surface area (Å²) in [6, 6.07) is 5.72. The molecule has 0 spiro atoms. The van der Waals surface area contributed by atoms with E-state index in [9.17, 15) is 9.59 Å². The molecule has 1 aromatic carbocycles. The lowest BCUT2D eigenvalue weighted by molar-refractivity contribution is -0.135. The number of carbonyl (C=O) groups is 2. The molecule has 2 saturated heterocycles. The number of nitrogens with one attached hydrogen (secondary N) is 2. The van der Waals surface area contributed by atoms with E-state index in [-0.39, 0.29) is 30.2 Å². The Morgan fingerprint density at radius 1 is 1.26 bits per heavy atom. The Labute approximate surface area is 222 Å². The first-order valence-electron chi connectivity index (χ1n) is 13.1. The van der Waals surface area contributed by atoms with Crippen molar-refractivity contribution in [3.8, 4) is 11.5 Å². The standard InChI is InChI=1S/C28H35N5O5/c1-17-6-4-11-33-25(17)31-26-21(28(33)35)15-20(27(34)30-16-19-7-5-13-38-19)24(29)32(26)12-10-18-8-9-22(36-2)23(14-18)37-3/h4,6,8-9,11,14,19-21,26,29H,5,7,10,12-13,15-16H2,1-3H3,(H,30,34). The molecule has 5 rings (SSSR count). The number of fused-ring (bicyclic) bond motifs is 2. The van der Waals surface area contributed by atoms with Crippen LogP contribution in [0.3, 0.4) is 0 Å². The molecule has 4 atom stereocenters. The van der Waals surface area contributed by atoms with Gasteiger partial charge < -0.3 is 24.4 Å². The number of methoxy groups -OCH3 is 2. The fourth-order valence-corrected chi connectivity index (χ4v) is 5.60. The Kier molecular flexibility index (Phi) is 7.51. The molecule has 2 fully saturated rings. The van der Waals surface area contributed by atoms with E-state index in [4.69, 9.17) is 24.6 Å². The number of amidine groups is 2. The van der Waals surface area contributed by atoms with Gasteiger partial charge in [-0.2, -0.15) is 0 Å². The second-order valence-electron chi connectivity index (χ2n) is 10.1. The van der Waals surface area contributed by atoms with Crippen LogP contribution in [-0.4, -0.2) is 79.5 Å². The molecule has 2 N–H and O–H groups in total. The van der Waals surface area contributed by atoms with Gasteiger partial charge in [0.05, 0.1) is 32.2 Å². The number of likely N-dealkylation sites (tertiary alicyclic amines) is 1. The molecule has 0 aliphatic carbocycles. The van der Waals surface area contributed by atoms with Gasteiger partial charge in [-0.3, -0.25) is 19.9 Å². The number of hydrogen-bond donors (Lipinski definition) is 2. The number of nitrogens with zero attached hydrogens (tertiary/aromatic N) is 3. The quantitative estimate of drug-likeness (QED) is 0.543. The summed E-state index contributed by atoms with van der Waals surface area (Å²) >= 11 is 0. The van der Waals surface area contributed by atoms with Crippen molar-refractivity contribution in [3.05, 3.63) is 47.7 Å². The van der Waals surface area contributed by atoms with E-state index in [1.165, 1.54) is 0 Å². The van der Waals surface area contributed by atoms with Gasteiger partial charge in [-0.15, -0.1) is 0 Å². The number of piperidine rings is 1. The molecule has 4 aliphatic rings. The number of ether oxygens (including phenoxy) is 3. The second kappa shape index (κ2) is 11.0. The molecular formula is C28H35N5O5. The number of carbonyl (C=O) groups excluding carboxylic acids is 2. The fourth-order valence-electron chi connectivity index (χ4n) is 5.60. The van der Waals surface area contributed by atoms with Crippen LogP contribution < -0.4 is 14.8 Å². The van der Waals surface area contributed by atoms with Crippen LogP contribution in [0.4, 0.5) is 0 Å². The Morgan fingerprint density at radius 2 is 2.08 bits per heavy atom. The molecule has 2 amide bonds. The summed E-state index contributed by atoms with van der Waals surface area (Å²) in [7, 11) is 3.19. The molecule has 0 radical (unpaired) electrons. The summed E-state index contributed by atoms with van der Waals surface area (Å²) < 4.78 is 16.4. The van der Waals surface area contributed by atoms with E-state index in [1.807, 2.05) is 42.2 Å². The maximum absolute atomic E-state index is 13.6. The lowest BCUT2D eigenvalue weighted by Gasteiger charge is -2.47. The largest absolute Gasteiger partial charge is 0.493 e. The van der Waals surface area contributed by atoms with Crippen LogP contribution in [0.2, 0.25) is 0 Å². The molecule has 202 valence electrons. The van der Waals surface area contributed by atoms with Crippen molar-refractivity contribution in [3.63, 3.8) is 0 Å². The van der Waals surface area contributed by atoms with Crippen LogP contribution in [0, 0.1) is 17.2 Å². The average Bonchev–Trinajstić information content (AvgIpc) is 3.45. The fraction of sp³-hybridized carbons (Fsp3) is 0.500. The van der Waals surface area contributed by atoms with Gasteiger partial charge in [0, 0.05) is 25.9 Å². The normalized spacial score (nSPS) is 26.4. The zero-order valence-corrected chi connectivity index (χ0v) is 22.1. The topological polar surface area (TPSA) is 117 Å². The van der Waals surface area contributed by atoms with Crippen molar-refractivity contribution in [2.24, 2.45) is 16.8 Å². The summed E-state index contributed by atoms with van der Waals surface area (Å²) in [5.74, 6) is 0.446. The van der Waals surface area contributed by atoms with E-state index in [0.29, 0.717) is 43.5 Å². The Balaban J connectivity index is 1.41. The monoisotopic (exact) mass is 521 g/mol. The number of amides is 2. The lowest BCUT2D eigenvalue weighted by Crippen LogP contribution is -2.61. The zero-order valence-electron chi connectivity index (χ0n) is 22.1. The molecule has 0 aromatic heterocycles. The van der Waals surface area contributed by atoms with Crippen LogP contribution in [0.15, 0.2) is 47.1 Å². The Morgan fingerprint density at radius 3 is 2.82 bits per heavy atom. The van der Waals surface area contributed by atoms with Crippen molar-refractivity contribution >= 4 is 23.5 Å². The Bertz CT molecular complexity index is 1200. The molecular weight excluding hydrogens is 486 g/mol. The highest BCUT2D eigenvalue weighted by atomic mass is 16.5. The van der Waals surface area contributed by atoms with Crippen LogP contribution in [-0.2, 0) is 20.7 Å². The first kappa shape index (κ1) is 26.0. The lowest BCUT2D eigenvalue weighted by atomic mass is 9.82. The molecule has 0 bridgehead atoms. The van der Waals surface area contributed by atoms with Gasteiger partial charge in [0.1, 0.15) is 17.8 Å². The molecule has 10 heteroatoms. The summed E-state index contributed by atoms with van der Waals surface area (Å²) in [4.78, 5) is 35.3. The molecule has 38 heavy (non-hydrogen) atoms. The third-order valence-corrected chi connectivity index (χ3v) is 7.71.